The van der Waals surface area contributed by atoms with Gasteiger partial charge < -0.3 is 4.74 Å². The fraction of sp³-hybridized carbons (Fsp3) is 0.842. The van der Waals surface area contributed by atoms with Gasteiger partial charge >= 0.3 is 5.97 Å². The number of carbonyl (C=O) groups excluding carboxylic acids is 1. The number of carbonyl (C=O) groups is 1. The minimum atomic E-state index is -0.212. The van der Waals surface area contributed by atoms with E-state index in [1.807, 2.05) is 13.0 Å². The molecule has 0 aromatic heterocycles. The van der Waals surface area contributed by atoms with Crippen molar-refractivity contribution >= 4 is 5.97 Å². The molecule has 0 spiro atoms. The Morgan fingerprint density at radius 1 is 0.762 bits per heavy atom. The molecule has 0 bridgehead atoms. The minimum Gasteiger partial charge on any atom is -0.463 e. The summed E-state index contributed by atoms with van der Waals surface area (Å²) in [6, 6.07) is 0. The molecule has 2 heteroatoms. The van der Waals surface area contributed by atoms with Gasteiger partial charge in [-0.2, -0.15) is 0 Å². The highest BCUT2D eigenvalue weighted by atomic mass is 16.5. The molecule has 2 nitrogen and oxygen atoms in total. The predicted molar refractivity (Wildman–Crippen MR) is 91.5 cm³/mol. The van der Waals surface area contributed by atoms with Crippen LogP contribution in [-0.4, -0.2) is 12.6 Å². The van der Waals surface area contributed by atoms with Gasteiger partial charge in [0, 0.05) is 6.08 Å². The lowest BCUT2D eigenvalue weighted by molar-refractivity contribution is -0.137. The summed E-state index contributed by atoms with van der Waals surface area (Å²) < 4.78 is 4.83. The van der Waals surface area contributed by atoms with Gasteiger partial charge in [-0.1, -0.05) is 83.6 Å². The quantitative estimate of drug-likeness (QED) is 0.204. The van der Waals surface area contributed by atoms with Gasteiger partial charge in [0.2, 0.25) is 0 Å². The van der Waals surface area contributed by atoms with Crippen molar-refractivity contribution in [3.8, 4) is 0 Å². The maximum atomic E-state index is 11.1. The number of ether oxygens (including phenoxy) is 1. The summed E-state index contributed by atoms with van der Waals surface area (Å²) in [7, 11) is 0. The molecule has 0 aliphatic heterocycles. The maximum absolute atomic E-state index is 11.1. The first-order valence-electron chi connectivity index (χ1n) is 9.14. The predicted octanol–water partition coefficient (Wildman–Crippen LogP) is 6.20. The molecular formula is C19H36O2. The monoisotopic (exact) mass is 296 g/mol. The van der Waals surface area contributed by atoms with Crippen LogP contribution in [0.5, 0.6) is 0 Å². The van der Waals surface area contributed by atoms with Gasteiger partial charge in [-0.3, -0.25) is 0 Å². The summed E-state index contributed by atoms with van der Waals surface area (Å²) in [4.78, 5) is 11.1. The molecule has 0 aromatic rings. The van der Waals surface area contributed by atoms with Gasteiger partial charge in [0.15, 0.2) is 0 Å². The Kier molecular flexibility index (Phi) is 16.6. The average molecular weight is 296 g/mol. The first-order valence-corrected chi connectivity index (χ1v) is 9.14. The number of hydrogen-bond acceptors (Lipinski definition) is 2. The molecule has 0 aliphatic rings. The van der Waals surface area contributed by atoms with E-state index in [-0.39, 0.29) is 5.97 Å². The third kappa shape index (κ3) is 17.2. The molecule has 0 unspecified atom stereocenters. The second-order valence-corrected chi connectivity index (χ2v) is 5.83. The smallest absolute Gasteiger partial charge is 0.330 e. The highest BCUT2D eigenvalue weighted by Gasteiger charge is 1.94. The van der Waals surface area contributed by atoms with E-state index in [0.29, 0.717) is 6.61 Å². The van der Waals surface area contributed by atoms with Crippen LogP contribution in [0.2, 0.25) is 0 Å². The van der Waals surface area contributed by atoms with E-state index in [2.05, 4.69) is 6.92 Å². The molecule has 21 heavy (non-hydrogen) atoms. The largest absolute Gasteiger partial charge is 0.463 e. The summed E-state index contributed by atoms with van der Waals surface area (Å²) in [6.45, 7) is 4.56. The van der Waals surface area contributed by atoms with E-state index in [1.54, 1.807) is 6.08 Å². The molecule has 0 saturated heterocycles. The van der Waals surface area contributed by atoms with Gasteiger partial charge in [0.05, 0.1) is 6.61 Å². The van der Waals surface area contributed by atoms with E-state index < -0.39 is 0 Å². The van der Waals surface area contributed by atoms with Crippen LogP contribution in [0, 0.1) is 0 Å². The Balaban J connectivity index is 3.10. The Labute approximate surface area is 132 Å². The molecular weight excluding hydrogens is 260 g/mol. The molecule has 0 radical (unpaired) electrons. The van der Waals surface area contributed by atoms with Gasteiger partial charge in [-0.15, -0.1) is 0 Å². The van der Waals surface area contributed by atoms with Crippen molar-refractivity contribution in [1.29, 1.82) is 0 Å². The van der Waals surface area contributed by atoms with Crippen molar-refractivity contribution in [1.82, 2.24) is 0 Å². The second kappa shape index (κ2) is 17.3. The third-order valence-electron chi connectivity index (χ3n) is 3.76. The number of rotatable bonds is 15. The molecule has 0 aliphatic carbocycles. The van der Waals surface area contributed by atoms with Crippen LogP contribution in [0.3, 0.4) is 0 Å². The highest BCUT2D eigenvalue weighted by Crippen LogP contribution is 2.12. The lowest BCUT2D eigenvalue weighted by Gasteiger charge is -2.02. The minimum absolute atomic E-state index is 0.212. The zero-order chi connectivity index (χ0) is 15.6. The number of unbranched alkanes of at least 4 members (excludes halogenated alkanes) is 12. The number of hydrogen-bond donors (Lipinski definition) is 0. The molecule has 0 aromatic carbocycles. The summed E-state index contributed by atoms with van der Waals surface area (Å²) in [5.41, 5.74) is 0. The van der Waals surface area contributed by atoms with Crippen LogP contribution in [0.4, 0.5) is 0 Å². The summed E-state index contributed by atoms with van der Waals surface area (Å²) in [6.07, 6.45) is 20.9. The van der Waals surface area contributed by atoms with Gasteiger partial charge in [0.25, 0.3) is 0 Å². The summed E-state index contributed by atoms with van der Waals surface area (Å²) >= 11 is 0. The Bertz CT molecular complexity index is 246. The van der Waals surface area contributed by atoms with Crippen molar-refractivity contribution in [2.45, 2.75) is 97.3 Å². The summed E-state index contributed by atoms with van der Waals surface area (Å²) in [5.74, 6) is -0.212. The van der Waals surface area contributed by atoms with Crippen molar-refractivity contribution in [2.24, 2.45) is 0 Å². The topological polar surface area (TPSA) is 26.3 Å². The fourth-order valence-electron chi connectivity index (χ4n) is 2.47. The average Bonchev–Trinajstić information content (AvgIpc) is 2.48. The van der Waals surface area contributed by atoms with Crippen molar-refractivity contribution < 1.29 is 9.53 Å². The van der Waals surface area contributed by atoms with Crippen LogP contribution in [0.15, 0.2) is 12.2 Å². The van der Waals surface area contributed by atoms with Crippen LogP contribution < -0.4 is 0 Å². The Morgan fingerprint density at radius 3 is 1.71 bits per heavy atom. The van der Waals surface area contributed by atoms with Crippen LogP contribution in [0.1, 0.15) is 97.3 Å². The van der Waals surface area contributed by atoms with E-state index in [1.165, 1.54) is 77.0 Å². The van der Waals surface area contributed by atoms with Crippen LogP contribution in [-0.2, 0) is 9.53 Å². The zero-order valence-corrected chi connectivity index (χ0v) is 14.4. The Morgan fingerprint density at radius 2 is 1.24 bits per heavy atom. The van der Waals surface area contributed by atoms with E-state index >= 15 is 0 Å². The Hall–Kier alpha value is -0.790. The molecule has 0 fully saturated rings. The third-order valence-corrected chi connectivity index (χ3v) is 3.76. The zero-order valence-electron chi connectivity index (χ0n) is 14.4. The number of esters is 1. The summed E-state index contributed by atoms with van der Waals surface area (Å²) in [5, 5.41) is 0. The number of allylic oxidation sites excluding steroid dienone is 1. The molecule has 0 atom stereocenters. The highest BCUT2D eigenvalue weighted by molar-refractivity contribution is 5.81. The lowest BCUT2D eigenvalue weighted by atomic mass is 10.0. The molecule has 0 N–H and O–H groups in total. The molecule has 0 heterocycles. The molecule has 0 saturated carbocycles. The van der Waals surface area contributed by atoms with Crippen molar-refractivity contribution in [3.05, 3.63) is 12.2 Å². The fourth-order valence-corrected chi connectivity index (χ4v) is 2.47. The SMILES string of the molecule is CCCCCCCCCCCCCC/C=C/C(=O)OCC. The lowest BCUT2D eigenvalue weighted by Crippen LogP contribution is -1.98. The van der Waals surface area contributed by atoms with E-state index in [9.17, 15) is 4.79 Å². The van der Waals surface area contributed by atoms with Crippen LogP contribution >= 0.6 is 0 Å². The normalized spacial score (nSPS) is 11.1. The molecule has 0 amide bonds. The van der Waals surface area contributed by atoms with E-state index in [4.69, 9.17) is 4.74 Å². The van der Waals surface area contributed by atoms with Crippen molar-refractivity contribution in [3.63, 3.8) is 0 Å². The van der Waals surface area contributed by atoms with E-state index in [0.717, 1.165) is 6.42 Å². The van der Waals surface area contributed by atoms with Gasteiger partial charge in [-0.25, -0.2) is 4.79 Å². The first-order chi connectivity index (χ1) is 10.3. The first kappa shape index (κ1) is 20.2. The maximum Gasteiger partial charge on any atom is 0.330 e. The molecule has 124 valence electrons. The second-order valence-electron chi connectivity index (χ2n) is 5.83. The standard InChI is InChI=1S/C19H36O2/c1-3-5-6-7-8-9-10-11-12-13-14-15-16-17-18-19(20)21-4-2/h17-18H,3-16H2,1-2H3/b18-17+. The van der Waals surface area contributed by atoms with Crippen LogP contribution in [0.25, 0.3) is 0 Å². The van der Waals surface area contributed by atoms with Gasteiger partial charge in [-0.05, 0) is 19.8 Å². The molecule has 0 rings (SSSR count). The van der Waals surface area contributed by atoms with Gasteiger partial charge in [0.1, 0.15) is 0 Å². The van der Waals surface area contributed by atoms with Crippen molar-refractivity contribution in [2.75, 3.05) is 6.61 Å².